The van der Waals surface area contributed by atoms with Crippen LogP contribution in [0.1, 0.15) is 36.2 Å². The molecule has 1 aromatic heterocycles. The molecule has 2 aromatic rings. The van der Waals surface area contributed by atoms with E-state index in [0.29, 0.717) is 5.69 Å². The summed E-state index contributed by atoms with van der Waals surface area (Å²) in [6.07, 6.45) is 4.69. The van der Waals surface area contributed by atoms with Crippen molar-refractivity contribution >= 4 is 17.2 Å². The van der Waals surface area contributed by atoms with Crippen molar-refractivity contribution in [2.75, 3.05) is 13.1 Å². The first-order valence-electron chi connectivity index (χ1n) is 7.15. The van der Waals surface area contributed by atoms with Gasteiger partial charge in [-0.25, -0.2) is 4.98 Å². The SMILES string of the molecule is O=C(c1csc(-c2ccccc2)n1)N1CCCCCC1. The molecule has 1 saturated heterocycles. The number of likely N-dealkylation sites (tertiary alicyclic amines) is 1. The molecular weight excluding hydrogens is 268 g/mol. The molecule has 0 unspecified atom stereocenters. The molecule has 0 bridgehead atoms. The van der Waals surface area contributed by atoms with Gasteiger partial charge < -0.3 is 4.90 Å². The predicted molar refractivity (Wildman–Crippen MR) is 81.9 cm³/mol. The van der Waals surface area contributed by atoms with E-state index >= 15 is 0 Å². The van der Waals surface area contributed by atoms with Gasteiger partial charge in [-0.2, -0.15) is 0 Å². The van der Waals surface area contributed by atoms with E-state index in [0.717, 1.165) is 36.5 Å². The summed E-state index contributed by atoms with van der Waals surface area (Å²) in [7, 11) is 0. The Balaban J connectivity index is 1.77. The zero-order chi connectivity index (χ0) is 13.8. The Morgan fingerprint density at radius 3 is 2.45 bits per heavy atom. The van der Waals surface area contributed by atoms with Gasteiger partial charge in [-0.05, 0) is 12.8 Å². The molecule has 0 N–H and O–H groups in total. The number of hydrogen-bond donors (Lipinski definition) is 0. The van der Waals surface area contributed by atoms with Gasteiger partial charge in [0.15, 0.2) is 0 Å². The molecule has 1 aromatic carbocycles. The maximum Gasteiger partial charge on any atom is 0.273 e. The molecule has 0 saturated carbocycles. The van der Waals surface area contributed by atoms with Crippen molar-refractivity contribution in [2.45, 2.75) is 25.7 Å². The van der Waals surface area contributed by atoms with Crippen LogP contribution in [0.3, 0.4) is 0 Å². The van der Waals surface area contributed by atoms with Crippen LogP contribution in [0.25, 0.3) is 10.6 Å². The number of carbonyl (C=O) groups excluding carboxylic acids is 1. The first-order chi connectivity index (χ1) is 9.84. The number of nitrogens with zero attached hydrogens (tertiary/aromatic N) is 2. The summed E-state index contributed by atoms with van der Waals surface area (Å²) in [6.45, 7) is 1.74. The van der Waals surface area contributed by atoms with Crippen LogP contribution in [-0.2, 0) is 0 Å². The second kappa shape index (κ2) is 6.18. The van der Waals surface area contributed by atoms with Gasteiger partial charge in [0.2, 0.25) is 0 Å². The smallest absolute Gasteiger partial charge is 0.273 e. The minimum Gasteiger partial charge on any atom is -0.337 e. The Morgan fingerprint density at radius 2 is 1.75 bits per heavy atom. The van der Waals surface area contributed by atoms with Crippen LogP contribution >= 0.6 is 11.3 Å². The summed E-state index contributed by atoms with van der Waals surface area (Å²) in [4.78, 5) is 18.9. The lowest BCUT2D eigenvalue weighted by Crippen LogP contribution is -2.32. The molecular formula is C16H18N2OS. The molecule has 1 amide bonds. The third-order valence-corrected chi connectivity index (χ3v) is 4.53. The van der Waals surface area contributed by atoms with Crippen molar-refractivity contribution in [1.29, 1.82) is 0 Å². The summed E-state index contributed by atoms with van der Waals surface area (Å²) in [5, 5.41) is 2.80. The van der Waals surface area contributed by atoms with Gasteiger partial charge in [-0.3, -0.25) is 4.79 Å². The molecule has 1 aliphatic heterocycles. The van der Waals surface area contributed by atoms with Gasteiger partial charge in [-0.1, -0.05) is 43.2 Å². The van der Waals surface area contributed by atoms with Gasteiger partial charge in [0.05, 0.1) is 0 Å². The maximum atomic E-state index is 12.5. The second-order valence-corrected chi connectivity index (χ2v) is 5.97. The predicted octanol–water partition coefficient (Wildman–Crippen LogP) is 3.83. The van der Waals surface area contributed by atoms with Gasteiger partial charge >= 0.3 is 0 Å². The average Bonchev–Trinajstić information content (AvgIpc) is 2.83. The molecule has 0 aliphatic carbocycles. The van der Waals surface area contributed by atoms with E-state index in [-0.39, 0.29) is 5.91 Å². The normalized spacial score (nSPS) is 15.9. The molecule has 0 atom stereocenters. The van der Waals surface area contributed by atoms with E-state index in [9.17, 15) is 4.79 Å². The Kier molecular flexibility index (Phi) is 4.11. The van der Waals surface area contributed by atoms with Crippen molar-refractivity contribution in [3.63, 3.8) is 0 Å². The van der Waals surface area contributed by atoms with E-state index < -0.39 is 0 Å². The highest BCUT2D eigenvalue weighted by Crippen LogP contribution is 2.24. The third-order valence-electron chi connectivity index (χ3n) is 3.64. The van der Waals surface area contributed by atoms with Crippen LogP contribution < -0.4 is 0 Å². The summed E-state index contributed by atoms with van der Waals surface area (Å²) in [5.41, 5.74) is 1.67. The van der Waals surface area contributed by atoms with Gasteiger partial charge in [0.1, 0.15) is 10.7 Å². The molecule has 4 heteroatoms. The fraction of sp³-hybridized carbons (Fsp3) is 0.375. The fourth-order valence-corrected chi connectivity index (χ4v) is 3.32. The first kappa shape index (κ1) is 13.3. The van der Waals surface area contributed by atoms with Crippen LogP contribution in [0.5, 0.6) is 0 Å². The van der Waals surface area contributed by atoms with Crippen molar-refractivity contribution in [3.8, 4) is 10.6 Å². The van der Waals surface area contributed by atoms with Crippen LogP contribution in [0.4, 0.5) is 0 Å². The monoisotopic (exact) mass is 286 g/mol. The molecule has 104 valence electrons. The van der Waals surface area contributed by atoms with Crippen LogP contribution in [0, 0.1) is 0 Å². The Morgan fingerprint density at radius 1 is 1.05 bits per heavy atom. The van der Waals surface area contributed by atoms with Crippen LogP contribution in [-0.4, -0.2) is 28.9 Å². The van der Waals surface area contributed by atoms with E-state index in [1.165, 1.54) is 12.8 Å². The zero-order valence-corrected chi connectivity index (χ0v) is 12.2. The van der Waals surface area contributed by atoms with E-state index in [4.69, 9.17) is 0 Å². The third kappa shape index (κ3) is 2.90. The first-order valence-corrected chi connectivity index (χ1v) is 8.03. The average molecular weight is 286 g/mol. The van der Waals surface area contributed by atoms with Crippen molar-refractivity contribution < 1.29 is 4.79 Å². The number of amides is 1. The second-order valence-electron chi connectivity index (χ2n) is 5.11. The molecule has 3 nitrogen and oxygen atoms in total. The minimum absolute atomic E-state index is 0.0883. The summed E-state index contributed by atoms with van der Waals surface area (Å²) < 4.78 is 0. The lowest BCUT2D eigenvalue weighted by molar-refractivity contribution is 0.0756. The Bertz CT molecular complexity index is 571. The lowest BCUT2D eigenvalue weighted by Gasteiger charge is -2.18. The lowest BCUT2D eigenvalue weighted by atomic mass is 10.2. The van der Waals surface area contributed by atoms with Crippen molar-refractivity contribution in [2.24, 2.45) is 0 Å². The molecule has 1 aliphatic rings. The van der Waals surface area contributed by atoms with Crippen molar-refractivity contribution in [3.05, 3.63) is 41.4 Å². The standard InChI is InChI=1S/C16H18N2OS/c19-16(18-10-6-1-2-7-11-18)14-12-20-15(17-14)13-8-4-3-5-9-13/h3-5,8-9,12H,1-2,6-7,10-11H2. The van der Waals surface area contributed by atoms with E-state index in [1.54, 1.807) is 11.3 Å². The van der Waals surface area contributed by atoms with Gasteiger partial charge in [0, 0.05) is 24.0 Å². The molecule has 1 fully saturated rings. The quantitative estimate of drug-likeness (QED) is 0.840. The summed E-state index contributed by atoms with van der Waals surface area (Å²) >= 11 is 1.54. The topological polar surface area (TPSA) is 33.2 Å². The van der Waals surface area contributed by atoms with Gasteiger partial charge in [0.25, 0.3) is 5.91 Å². The number of benzene rings is 1. The molecule has 0 spiro atoms. The molecule has 2 heterocycles. The number of rotatable bonds is 2. The summed E-state index contributed by atoms with van der Waals surface area (Å²) in [5.74, 6) is 0.0883. The Hall–Kier alpha value is -1.68. The minimum atomic E-state index is 0.0883. The fourth-order valence-electron chi connectivity index (χ4n) is 2.52. The van der Waals surface area contributed by atoms with Crippen LogP contribution in [0.15, 0.2) is 35.7 Å². The molecule has 3 rings (SSSR count). The largest absolute Gasteiger partial charge is 0.337 e. The molecule has 0 radical (unpaired) electrons. The van der Waals surface area contributed by atoms with Crippen molar-refractivity contribution in [1.82, 2.24) is 9.88 Å². The highest BCUT2D eigenvalue weighted by atomic mass is 32.1. The number of thiazole rings is 1. The number of hydrogen-bond acceptors (Lipinski definition) is 3. The van der Waals surface area contributed by atoms with E-state index in [1.807, 2.05) is 40.6 Å². The molecule has 20 heavy (non-hydrogen) atoms. The highest BCUT2D eigenvalue weighted by Gasteiger charge is 2.19. The zero-order valence-electron chi connectivity index (χ0n) is 11.4. The number of aromatic nitrogens is 1. The van der Waals surface area contributed by atoms with E-state index in [2.05, 4.69) is 4.98 Å². The van der Waals surface area contributed by atoms with Crippen LogP contribution in [0.2, 0.25) is 0 Å². The maximum absolute atomic E-state index is 12.5. The Labute approximate surface area is 123 Å². The number of carbonyl (C=O) groups is 1. The highest BCUT2D eigenvalue weighted by molar-refractivity contribution is 7.13. The summed E-state index contributed by atoms with van der Waals surface area (Å²) in [6, 6.07) is 10.0. The van der Waals surface area contributed by atoms with Gasteiger partial charge in [-0.15, -0.1) is 11.3 Å².